The van der Waals surface area contributed by atoms with Crippen LogP contribution in [-0.2, 0) is 0 Å². The Hall–Kier alpha value is -7.84. The summed E-state index contributed by atoms with van der Waals surface area (Å²) in [5, 5.41) is 3.24. The molecule has 8 nitrogen and oxygen atoms in total. The molecular formula is C48H28N6O2. The van der Waals surface area contributed by atoms with E-state index in [1.807, 2.05) is 84.9 Å². The average molecular weight is 721 g/mol. The maximum atomic E-state index is 6.51. The fourth-order valence-electron chi connectivity index (χ4n) is 7.99. The molecule has 0 fully saturated rings. The van der Waals surface area contributed by atoms with Crippen LogP contribution in [0.5, 0.6) is 0 Å². The van der Waals surface area contributed by atoms with Crippen molar-refractivity contribution in [2.24, 2.45) is 0 Å². The van der Waals surface area contributed by atoms with Gasteiger partial charge < -0.3 is 8.83 Å². The van der Waals surface area contributed by atoms with Gasteiger partial charge in [-0.05, 0) is 54.1 Å². The van der Waals surface area contributed by atoms with Crippen molar-refractivity contribution in [3.8, 4) is 51.0 Å². The van der Waals surface area contributed by atoms with Gasteiger partial charge in [-0.2, -0.15) is 0 Å². The van der Waals surface area contributed by atoms with Gasteiger partial charge in [0.1, 0.15) is 22.3 Å². The Morgan fingerprint density at radius 1 is 0.429 bits per heavy atom. The molecule has 0 aliphatic carbocycles. The standard InChI is InChI=1S/C48H28N6O2/c1-3-12-30(13-4-1)44-50-45(31-24-22-29(23-25-31)34-18-11-19-36-35-16-7-9-20-40(35)55-43(34)36)52-46(51-44)32-26-27-39-38(28-32)49-48-53(33-14-5-2-6-15-33)42-37-17-8-10-21-41(37)56-47(42)54(39)48/h1-28H. The maximum absolute atomic E-state index is 6.51. The summed E-state index contributed by atoms with van der Waals surface area (Å²) in [6.07, 6.45) is 0. The molecule has 5 heterocycles. The quantitative estimate of drug-likeness (QED) is 0.176. The lowest BCUT2D eigenvalue weighted by molar-refractivity contribution is 0.651. The Kier molecular flexibility index (Phi) is 6.47. The molecule has 0 radical (unpaired) electrons. The van der Waals surface area contributed by atoms with E-state index < -0.39 is 0 Å². The predicted octanol–water partition coefficient (Wildman–Crippen LogP) is 11.9. The van der Waals surface area contributed by atoms with Crippen molar-refractivity contribution in [2.75, 3.05) is 0 Å². The van der Waals surface area contributed by atoms with E-state index in [1.165, 1.54) is 0 Å². The van der Waals surface area contributed by atoms with E-state index >= 15 is 0 Å². The summed E-state index contributed by atoms with van der Waals surface area (Å²) in [5.41, 5.74) is 11.7. The minimum absolute atomic E-state index is 0.560. The van der Waals surface area contributed by atoms with Crippen molar-refractivity contribution in [3.63, 3.8) is 0 Å². The molecule has 5 aromatic heterocycles. The van der Waals surface area contributed by atoms with Crippen molar-refractivity contribution in [1.82, 2.24) is 28.9 Å². The molecule has 0 aliphatic heterocycles. The molecule has 0 aliphatic rings. The van der Waals surface area contributed by atoms with Crippen LogP contribution in [0.25, 0.3) is 112 Å². The molecule has 56 heavy (non-hydrogen) atoms. The zero-order valence-electron chi connectivity index (χ0n) is 29.7. The summed E-state index contributed by atoms with van der Waals surface area (Å²) >= 11 is 0. The molecule has 0 atom stereocenters. The highest BCUT2D eigenvalue weighted by Crippen LogP contribution is 2.38. The third-order valence-electron chi connectivity index (χ3n) is 10.6. The molecule has 12 rings (SSSR count). The number of aromatic nitrogens is 6. The lowest BCUT2D eigenvalue weighted by Gasteiger charge is -2.09. The van der Waals surface area contributed by atoms with Crippen molar-refractivity contribution < 1.29 is 8.83 Å². The summed E-state index contributed by atoms with van der Waals surface area (Å²) < 4.78 is 17.1. The second-order valence-corrected chi connectivity index (χ2v) is 13.9. The molecular weight excluding hydrogens is 693 g/mol. The van der Waals surface area contributed by atoms with E-state index in [4.69, 9.17) is 28.8 Å². The van der Waals surface area contributed by atoms with Crippen molar-refractivity contribution in [1.29, 1.82) is 0 Å². The van der Waals surface area contributed by atoms with Gasteiger partial charge in [0.25, 0.3) is 0 Å². The van der Waals surface area contributed by atoms with E-state index in [9.17, 15) is 0 Å². The number of hydrogen-bond donors (Lipinski definition) is 0. The Balaban J connectivity index is 1.00. The fraction of sp³-hybridized carbons (Fsp3) is 0. The zero-order valence-corrected chi connectivity index (χ0v) is 29.7. The number of fused-ring (bicyclic) bond motifs is 10. The molecule has 0 saturated heterocycles. The van der Waals surface area contributed by atoms with Gasteiger partial charge in [0.2, 0.25) is 11.5 Å². The summed E-state index contributed by atoms with van der Waals surface area (Å²) in [7, 11) is 0. The molecule has 0 amide bonds. The van der Waals surface area contributed by atoms with Gasteiger partial charge in [0.05, 0.1) is 11.0 Å². The van der Waals surface area contributed by atoms with Crippen LogP contribution in [0.15, 0.2) is 179 Å². The SMILES string of the molecule is c1ccc(-c2nc(-c3ccc(-c4cccc5c4oc4ccccc45)cc3)nc(-c3ccc4c(c3)nc3n(-c5ccccc5)c5c6ccccc6oc5n43)n2)cc1. The van der Waals surface area contributed by atoms with Crippen molar-refractivity contribution in [3.05, 3.63) is 170 Å². The topological polar surface area (TPSA) is 87.2 Å². The molecule has 12 aromatic rings. The largest absolute Gasteiger partial charge is 0.455 e. The summed E-state index contributed by atoms with van der Waals surface area (Å²) in [4.78, 5) is 20.3. The molecule has 7 aromatic carbocycles. The molecule has 0 spiro atoms. The van der Waals surface area contributed by atoms with Crippen LogP contribution < -0.4 is 0 Å². The number of para-hydroxylation sites is 4. The van der Waals surface area contributed by atoms with Gasteiger partial charge in [0.15, 0.2) is 17.5 Å². The van der Waals surface area contributed by atoms with Crippen LogP contribution in [0, 0.1) is 0 Å². The van der Waals surface area contributed by atoms with E-state index in [1.54, 1.807) is 0 Å². The van der Waals surface area contributed by atoms with Crippen LogP contribution in [0.4, 0.5) is 0 Å². The van der Waals surface area contributed by atoms with E-state index in [-0.39, 0.29) is 0 Å². The summed E-state index contributed by atoms with van der Waals surface area (Å²) in [6, 6.07) is 57.4. The van der Waals surface area contributed by atoms with Crippen molar-refractivity contribution in [2.45, 2.75) is 0 Å². The van der Waals surface area contributed by atoms with Gasteiger partial charge in [-0.25, -0.2) is 24.3 Å². The van der Waals surface area contributed by atoms with Gasteiger partial charge >= 0.3 is 0 Å². The number of nitrogens with zero attached hydrogens (tertiary/aromatic N) is 6. The molecule has 8 heteroatoms. The molecule has 0 saturated carbocycles. The lowest BCUT2D eigenvalue weighted by Crippen LogP contribution is -2.00. The normalized spacial score (nSPS) is 11.9. The Morgan fingerprint density at radius 2 is 1.02 bits per heavy atom. The third-order valence-corrected chi connectivity index (χ3v) is 10.6. The number of benzene rings is 7. The first-order valence-corrected chi connectivity index (χ1v) is 18.5. The number of imidazole rings is 2. The lowest BCUT2D eigenvalue weighted by atomic mass is 10.0. The second kappa shape index (κ2) is 11.8. The van der Waals surface area contributed by atoms with Crippen LogP contribution in [0.2, 0.25) is 0 Å². The number of hydrogen-bond acceptors (Lipinski definition) is 6. The monoisotopic (exact) mass is 720 g/mol. The van der Waals surface area contributed by atoms with E-state index in [0.29, 0.717) is 17.5 Å². The van der Waals surface area contributed by atoms with Crippen LogP contribution in [-0.4, -0.2) is 28.9 Å². The summed E-state index contributed by atoms with van der Waals surface area (Å²) in [6.45, 7) is 0. The number of furan rings is 2. The molecule has 0 N–H and O–H groups in total. The Morgan fingerprint density at radius 3 is 1.79 bits per heavy atom. The molecule has 0 bridgehead atoms. The van der Waals surface area contributed by atoms with Gasteiger partial charge in [-0.15, -0.1) is 0 Å². The molecule has 262 valence electrons. The van der Waals surface area contributed by atoms with Crippen molar-refractivity contribution >= 4 is 60.9 Å². The smallest absolute Gasteiger partial charge is 0.232 e. The first kappa shape index (κ1) is 30.6. The van der Waals surface area contributed by atoms with E-state index in [2.05, 4.69) is 93.9 Å². The van der Waals surface area contributed by atoms with Crippen LogP contribution in [0.3, 0.4) is 0 Å². The Labute approximate surface area is 318 Å². The highest BCUT2D eigenvalue weighted by molar-refractivity contribution is 6.09. The van der Waals surface area contributed by atoms with E-state index in [0.717, 1.165) is 94.5 Å². The summed E-state index contributed by atoms with van der Waals surface area (Å²) in [5.74, 6) is 2.50. The maximum Gasteiger partial charge on any atom is 0.232 e. The Bertz CT molecular complexity index is 3470. The highest BCUT2D eigenvalue weighted by atomic mass is 16.3. The second-order valence-electron chi connectivity index (χ2n) is 13.9. The first-order chi connectivity index (χ1) is 27.7. The highest BCUT2D eigenvalue weighted by Gasteiger charge is 2.23. The molecule has 0 unspecified atom stereocenters. The number of rotatable bonds is 5. The third kappa shape index (κ3) is 4.59. The average Bonchev–Trinajstić information content (AvgIpc) is 4.01. The van der Waals surface area contributed by atoms with Gasteiger partial charge in [0, 0.05) is 44.1 Å². The fourth-order valence-corrected chi connectivity index (χ4v) is 7.99. The predicted molar refractivity (Wildman–Crippen MR) is 222 cm³/mol. The van der Waals surface area contributed by atoms with Crippen LogP contribution in [0.1, 0.15) is 0 Å². The van der Waals surface area contributed by atoms with Crippen LogP contribution >= 0.6 is 0 Å². The minimum Gasteiger partial charge on any atom is -0.455 e. The minimum atomic E-state index is 0.560. The first-order valence-electron chi connectivity index (χ1n) is 18.5. The zero-order chi connectivity index (χ0) is 36.7. The van der Waals surface area contributed by atoms with Gasteiger partial charge in [-0.3, -0.25) is 4.57 Å². The van der Waals surface area contributed by atoms with Gasteiger partial charge in [-0.1, -0.05) is 121 Å².